The molecule has 0 spiro atoms. The van der Waals surface area contributed by atoms with Crippen LogP contribution < -0.4 is 5.32 Å². The minimum Gasteiger partial charge on any atom is -0.302 e. The van der Waals surface area contributed by atoms with Crippen LogP contribution in [-0.2, 0) is 24.1 Å². The Kier molecular flexibility index (Phi) is 4.06. The molecule has 1 aromatic heterocycles. The molecule has 1 heterocycles. The molecular formula is C17H20N2OS. The molecule has 3 nitrogen and oxygen atoms in total. The SMILES string of the molecule is Cc1ccc(CC(=O)Nc2nc3c(s2)CCCC3)c(C)c1. The molecule has 0 radical (unpaired) electrons. The summed E-state index contributed by atoms with van der Waals surface area (Å²) in [5.41, 5.74) is 4.67. The summed E-state index contributed by atoms with van der Waals surface area (Å²) >= 11 is 1.64. The van der Waals surface area contributed by atoms with Crippen molar-refractivity contribution in [2.75, 3.05) is 5.32 Å². The lowest BCUT2D eigenvalue weighted by molar-refractivity contribution is -0.115. The van der Waals surface area contributed by atoms with E-state index in [0.717, 1.165) is 23.5 Å². The molecule has 4 heteroatoms. The van der Waals surface area contributed by atoms with Gasteiger partial charge in [0.2, 0.25) is 5.91 Å². The average molecular weight is 300 g/mol. The highest BCUT2D eigenvalue weighted by Gasteiger charge is 2.16. The van der Waals surface area contributed by atoms with E-state index in [-0.39, 0.29) is 5.91 Å². The van der Waals surface area contributed by atoms with E-state index >= 15 is 0 Å². The summed E-state index contributed by atoms with van der Waals surface area (Å²) in [5.74, 6) is 0.0213. The van der Waals surface area contributed by atoms with Crippen molar-refractivity contribution in [2.24, 2.45) is 0 Å². The Labute approximate surface area is 129 Å². The van der Waals surface area contributed by atoms with E-state index < -0.39 is 0 Å². The van der Waals surface area contributed by atoms with Crippen molar-refractivity contribution in [3.8, 4) is 0 Å². The molecule has 1 aromatic carbocycles. The van der Waals surface area contributed by atoms with Crippen LogP contribution >= 0.6 is 11.3 Å². The molecular weight excluding hydrogens is 280 g/mol. The molecule has 0 aliphatic heterocycles. The number of amides is 1. The molecule has 1 aliphatic rings. The topological polar surface area (TPSA) is 42.0 Å². The van der Waals surface area contributed by atoms with Gasteiger partial charge in [-0.15, -0.1) is 11.3 Å². The maximum atomic E-state index is 12.2. The van der Waals surface area contributed by atoms with Crippen molar-refractivity contribution in [3.05, 3.63) is 45.5 Å². The molecule has 1 amide bonds. The average Bonchev–Trinajstić information content (AvgIpc) is 2.84. The smallest absolute Gasteiger partial charge is 0.230 e. The van der Waals surface area contributed by atoms with Gasteiger partial charge in [-0.2, -0.15) is 0 Å². The summed E-state index contributed by atoms with van der Waals surface area (Å²) < 4.78 is 0. The summed E-state index contributed by atoms with van der Waals surface area (Å²) in [6.07, 6.45) is 5.03. The van der Waals surface area contributed by atoms with Gasteiger partial charge in [-0.3, -0.25) is 4.79 Å². The molecule has 0 saturated heterocycles. The first-order chi connectivity index (χ1) is 10.1. The number of benzene rings is 1. The third-order valence-corrected chi connectivity index (χ3v) is 5.01. The standard InChI is InChI=1S/C17H20N2OS/c1-11-7-8-13(12(2)9-11)10-16(20)19-17-18-14-5-3-4-6-15(14)21-17/h7-9H,3-6,10H2,1-2H3,(H,18,19,20). The summed E-state index contributed by atoms with van der Waals surface area (Å²) in [4.78, 5) is 18.1. The van der Waals surface area contributed by atoms with E-state index in [1.165, 1.54) is 34.5 Å². The van der Waals surface area contributed by atoms with Crippen LogP contribution in [0.15, 0.2) is 18.2 Å². The largest absolute Gasteiger partial charge is 0.302 e. The van der Waals surface area contributed by atoms with Crippen LogP contribution in [0, 0.1) is 13.8 Å². The highest BCUT2D eigenvalue weighted by molar-refractivity contribution is 7.15. The lowest BCUT2D eigenvalue weighted by Gasteiger charge is -2.06. The zero-order valence-electron chi connectivity index (χ0n) is 12.5. The second kappa shape index (κ2) is 5.98. The van der Waals surface area contributed by atoms with Crippen molar-refractivity contribution < 1.29 is 4.79 Å². The highest BCUT2D eigenvalue weighted by Crippen LogP contribution is 2.29. The Balaban J connectivity index is 1.67. The van der Waals surface area contributed by atoms with Crippen molar-refractivity contribution in [1.29, 1.82) is 0 Å². The predicted octanol–water partition coefficient (Wildman–Crippen LogP) is 3.82. The Morgan fingerprint density at radius 2 is 2.10 bits per heavy atom. The van der Waals surface area contributed by atoms with Crippen LogP contribution in [0.25, 0.3) is 0 Å². The molecule has 3 rings (SSSR count). The lowest BCUT2D eigenvalue weighted by Crippen LogP contribution is -2.15. The zero-order valence-corrected chi connectivity index (χ0v) is 13.3. The number of nitrogens with zero attached hydrogens (tertiary/aromatic N) is 1. The van der Waals surface area contributed by atoms with Gasteiger partial charge >= 0.3 is 0 Å². The van der Waals surface area contributed by atoms with Gasteiger partial charge in [-0.25, -0.2) is 4.98 Å². The van der Waals surface area contributed by atoms with Crippen LogP contribution in [0.1, 0.15) is 40.1 Å². The van der Waals surface area contributed by atoms with Gasteiger partial charge in [0.25, 0.3) is 0 Å². The second-order valence-electron chi connectivity index (χ2n) is 5.75. The summed E-state index contributed by atoms with van der Waals surface area (Å²) in [6.45, 7) is 4.12. The van der Waals surface area contributed by atoms with Crippen LogP contribution in [0.3, 0.4) is 0 Å². The van der Waals surface area contributed by atoms with Crippen molar-refractivity contribution in [1.82, 2.24) is 4.98 Å². The molecule has 1 N–H and O–H groups in total. The third-order valence-electron chi connectivity index (χ3n) is 3.94. The fourth-order valence-corrected chi connectivity index (χ4v) is 3.85. The van der Waals surface area contributed by atoms with Crippen LogP contribution in [0.2, 0.25) is 0 Å². The number of anilines is 1. The molecule has 2 aromatic rings. The fraction of sp³-hybridized carbons (Fsp3) is 0.412. The Morgan fingerprint density at radius 1 is 1.29 bits per heavy atom. The Morgan fingerprint density at radius 3 is 2.86 bits per heavy atom. The molecule has 0 atom stereocenters. The van der Waals surface area contributed by atoms with Gasteiger partial charge in [0.05, 0.1) is 12.1 Å². The van der Waals surface area contributed by atoms with Crippen LogP contribution in [-0.4, -0.2) is 10.9 Å². The first-order valence-electron chi connectivity index (χ1n) is 7.46. The van der Waals surface area contributed by atoms with Gasteiger partial charge in [0.15, 0.2) is 5.13 Å². The molecule has 0 bridgehead atoms. The minimum absolute atomic E-state index is 0.0213. The Hall–Kier alpha value is -1.68. The zero-order chi connectivity index (χ0) is 14.8. The third kappa shape index (κ3) is 3.32. The molecule has 0 fully saturated rings. The first kappa shape index (κ1) is 14.3. The minimum atomic E-state index is 0.0213. The number of nitrogens with one attached hydrogen (secondary N) is 1. The van der Waals surface area contributed by atoms with E-state index in [0.29, 0.717) is 6.42 Å². The van der Waals surface area contributed by atoms with Gasteiger partial charge in [0.1, 0.15) is 0 Å². The van der Waals surface area contributed by atoms with E-state index in [9.17, 15) is 4.79 Å². The van der Waals surface area contributed by atoms with Gasteiger partial charge in [-0.1, -0.05) is 23.8 Å². The maximum absolute atomic E-state index is 12.2. The quantitative estimate of drug-likeness (QED) is 0.936. The van der Waals surface area contributed by atoms with E-state index in [1.54, 1.807) is 11.3 Å². The second-order valence-corrected chi connectivity index (χ2v) is 6.83. The lowest BCUT2D eigenvalue weighted by atomic mass is 10.0. The number of carbonyl (C=O) groups excluding carboxylic acids is 1. The summed E-state index contributed by atoms with van der Waals surface area (Å²) in [7, 11) is 0. The van der Waals surface area contributed by atoms with Crippen LogP contribution in [0.4, 0.5) is 5.13 Å². The van der Waals surface area contributed by atoms with E-state index in [2.05, 4.69) is 36.3 Å². The summed E-state index contributed by atoms with van der Waals surface area (Å²) in [6, 6.07) is 6.21. The number of thiazole rings is 1. The number of carbonyl (C=O) groups is 1. The number of fused-ring (bicyclic) bond motifs is 1. The van der Waals surface area contributed by atoms with Gasteiger partial charge < -0.3 is 5.32 Å². The molecule has 0 unspecified atom stereocenters. The van der Waals surface area contributed by atoms with Crippen molar-refractivity contribution >= 4 is 22.4 Å². The maximum Gasteiger partial charge on any atom is 0.230 e. The number of hydrogen-bond donors (Lipinski definition) is 1. The first-order valence-corrected chi connectivity index (χ1v) is 8.28. The number of rotatable bonds is 3. The summed E-state index contributed by atoms with van der Waals surface area (Å²) in [5, 5.41) is 3.72. The fourth-order valence-electron chi connectivity index (χ4n) is 2.79. The molecule has 110 valence electrons. The van der Waals surface area contributed by atoms with Gasteiger partial charge in [0, 0.05) is 4.88 Å². The predicted molar refractivity (Wildman–Crippen MR) is 87.0 cm³/mol. The molecule has 21 heavy (non-hydrogen) atoms. The van der Waals surface area contributed by atoms with Gasteiger partial charge in [-0.05, 0) is 50.7 Å². The van der Waals surface area contributed by atoms with Crippen LogP contribution in [0.5, 0.6) is 0 Å². The number of aryl methyl sites for hydroxylation is 4. The highest BCUT2D eigenvalue weighted by atomic mass is 32.1. The molecule has 0 saturated carbocycles. The molecule has 1 aliphatic carbocycles. The van der Waals surface area contributed by atoms with E-state index in [1.807, 2.05) is 6.07 Å². The van der Waals surface area contributed by atoms with E-state index in [4.69, 9.17) is 0 Å². The monoisotopic (exact) mass is 300 g/mol. The Bertz CT molecular complexity index is 652. The number of aromatic nitrogens is 1. The van der Waals surface area contributed by atoms with Crippen molar-refractivity contribution in [2.45, 2.75) is 46.0 Å². The number of hydrogen-bond acceptors (Lipinski definition) is 3. The normalized spacial score (nSPS) is 13.8. The van der Waals surface area contributed by atoms with Crippen molar-refractivity contribution in [3.63, 3.8) is 0 Å².